The summed E-state index contributed by atoms with van der Waals surface area (Å²) >= 11 is 3.38. The number of nitrogens with zero attached hydrogens (tertiary/aromatic N) is 1. The van der Waals surface area contributed by atoms with Gasteiger partial charge in [-0.05, 0) is 71.8 Å². The van der Waals surface area contributed by atoms with Gasteiger partial charge >= 0.3 is 11.9 Å². The second-order valence-corrected chi connectivity index (χ2v) is 7.25. The summed E-state index contributed by atoms with van der Waals surface area (Å²) in [5.74, 6) is -0.848. The van der Waals surface area contributed by atoms with E-state index in [1.54, 1.807) is 42.6 Å². The van der Waals surface area contributed by atoms with Gasteiger partial charge in [0.1, 0.15) is 0 Å². The largest absolute Gasteiger partial charge is 0.493 e. The molecular formula is C24H18BrNO5. The topological polar surface area (TPSA) is 85.2 Å². The van der Waals surface area contributed by atoms with E-state index in [-0.39, 0.29) is 11.3 Å². The van der Waals surface area contributed by atoms with Gasteiger partial charge in [0.2, 0.25) is 0 Å². The number of methoxy groups -OCH3 is 1. The zero-order valence-electron chi connectivity index (χ0n) is 16.5. The molecule has 7 heteroatoms. The van der Waals surface area contributed by atoms with Gasteiger partial charge in [0.15, 0.2) is 11.5 Å². The fraction of sp³-hybridized carbons (Fsp3) is 0.0417. The van der Waals surface area contributed by atoms with Crippen LogP contribution in [0.25, 0.3) is 6.08 Å². The van der Waals surface area contributed by atoms with Crippen molar-refractivity contribution in [3.05, 3.63) is 94.0 Å². The number of rotatable bonds is 7. The monoisotopic (exact) mass is 479 g/mol. The lowest BCUT2D eigenvalue weighted by Crippen LogP contribution is -2.05. The number of esters is 1. The second kappa shape index (κ2) is 10.4. The van der Waals surface area contributed by atoms with Crippen LogP contribution in [0.5, 0.6) is 11.5 Å². The predicted octanol–water partition coefficient (Wildman–Crippen LogP) is 5.53. The van der Waals surface area contributed by atoms with Crippen molar-refractivity contribution in [2.24, 2.45) is 4.99 Å². The standard InChI is InChI=1S/C24H18BrNO5/c1-30-22-14-17(15-26-20-9-7-18(8-10-20)24(28)29)5-11-21(22)31-23(27)12-6-16-3-2-4-19(25)13-16/h2-15H,1H3,(H,28,29)/b12-6+,26-15?. The molecule has 0 atom stereocenters. The third kappa shape index (κ3) is 6.38. The Morgan fingerprint density at radius 3 is 2.42 bits per heavy atom. The zero-order valence-corrected chi connectivity index (χ0v) is 18.1. The first-order valence-electron chi connectivity index (χ1n) is 9.15. The molecule has 6 nitrogen and oxygen atoms in total. The lowest BCUT2D eigenvalue weighted by molar-refractivity contribution is -0.129. The molecule has 0 saturated carbocycles. The highest BCUT2D eigenvalue weighted by atomic mass is 79.9. The molecule has 0 aliphatic carbocycles. The molecule has 0 radical (unpaired) electrons. The van der Waals surface area contributed by atoms with Gasteiger partial charge in [-0.15, -0.1) is 0 Å². The van der Waals surface area contributed by atoms with Gasteiger partial charge in [0, 0.05) is 16.8 Å². The summed E-state index contributed by atoms with van der Waals surface area (Å²) < 4.78 is 11.6. The van der Waals surface area contributed by atoms with Gasteiger partial charge in [0.25, 0.3) is 0 Å². The Morgan fingerprint density at radius 1 is 0.968 bits per heavy atom. The number of ether oxygens (including phenoxy) is 2. The minimum atomic E-state index is -0.989. The van der Waals surface area contributed by atoms with Gasteiger partial charge in [-0.2, -0.15) is 0 Å². The zero-order chi connectivity index (χ0) is 22.2. The van der Waals surface area contributed by atoms with Crippen LogP contribution in [0.4, 0.5) is 5.69 Å². The highest BCUT2D eigenvalue weighted by Gasteiger charge is 2.09. The van der Waals surface area contributed by atoms with E-state index in [2.05, 4.69) is 20.9 Å². The number of halogens is 1. The number of carbonyl (C=O) groups excluding carboxylic acids is 1. The first kappa shape index (κ1) is 22.0. The number of aliphatic imine (C=N–C) groups is 1. The Bertz CT molecular complexity index is 1150. The molecule has 3 aromatic rings. The molecule has 1 N–H and O–H groups in total. The van der Waals surface area contributed by atoms with Crippen LogP contribution in [0.15, 0.2) is 82.3 Å². The maximum absolute atomic E-state index is 12.2. The smallest absolute Gasteiger partial charge is 0.336 e. The molecule has 0 saturated heterocycles. The second-order valence-electron chi connectivity index (χ2n) is 6.33. The molecule has 0 amide bonds. The van der Waals surface area contributed by atoms with Crippen molar-refractivity contribution in [3.8, 4) is 11.5 Å². The first-order valence-corrected chi connectivity index (χ1v) is 9.95. The van der Waals surface area contributed by atoms with Crippen LogP contribution in [0.3, 0.4) is 0 Å². The molecular weight excluding hydrogens is 462 g/mol. The molecule has 156 valence electrons. The van der Waals surface area contributed by atoms with Crippen LogP contribution < -0.4 is 9.47 Å². The normalized spacial score (nSPS) is 11.0. The number of carboxylic acids is 1. The Labute approximate surface area is 187 Å². The summed E-state index contributed by atoms with van der Waals surface area (Å²) in [7, 11) is 1.48. The SMILES string of the molecule is COc1cc(C=Nc2ccc(C(=O)O)cc2)ccc1OC(=O)/C=C/c1cccc(Br)c1. The summed E-state index contributed by atoms with van der Waals surface area (Å²) in [5.41, 5.74) is 2.39. The van der Waals surface area contributed by atoms with Crippen LogP contribution in [0.2, 0.25) is 0 Å². The number of aromatic carboxylic acids is 1. The minimum absolute atomic E-state index is 0.195. The fourth-order valence-electron chi connectivity index (χ4n) is 2.60. The van der Waals surface area contributed by atoms with Crippen LogP contribution >= 0.6 is 15.9 Å². The van der Waals surface area contributed by atoms with Crippen LogP contribution in [0.1, 0.15) is 21.5 Å². The molecule has 0 bridgehead atoms. The lowest BCUT2D eigenvalue weighted by atomic mass is 10.2. The van der Waals surface area contributed by atoms with Crippen molar-refractivity contribution in [1.82, 2.24) is 0 Å². The summed E-state index contributed by atoms with van der Waals surface area (Å²) in [6.45, 7) is 0. The van der Waals surface area contributed by atoms with E-state index in [1.165, 1.54) is 25.3 Å². The number of hydrogen-bond donors (Lipinski definition) is 1. The van der Waals surface area contributed by atoms with E-state index in [9.17, 15) is 9.59 Å². The van der Waals surface area contributed by atoms with E-state index in [4.69, 9.17) is 14.6 Å². The summed E-state index contributed by atoms with van der Waals surface area (Å²) in [4.78, 5) is 27.4. The molecule has 0 aromatic heterocycles. The Morgan fingerprint density at radius 2 is 1.74 bits per heavy atom. The Balaban J connectivity index is 1.69. The minimum Gasteiger partial charge on any atom is -0.493 e. The van der Waals surface area contributed by atoms with Gasteiger partial charge in [-0.1, -0.05) is 28.1 Å². The summed E-state index contributed by atoms with van der Waals surface area (Å²) in [6, 6.07) is 18.8. The molecule has 0 unspecified atom stereocenters. The lowest BCUT2D eigenvalue weighted by Gasteiger charge is -2.08. The molecule has 0 aliphatic heterocycles. The molecule has 0 spiro atoms. The van der Waals surface area contributed by atoms with Crippen molar-refractivity contribution < 1.29 is 24.2 Å². The van der Waals surface area contributed by atoms with Gasteiger partial charge in [0.05, 0.1) is 18.4 Å². The molecule has 31 heavy (non-hydrogen) atoms. The van der Waals surface area contributed by atoms with Crippen LogP contribution in [0, 0.1) is 0 Å². The van der Waals surface area contributed by atoms with E-state index >= 15 is 0 Å². The maximum Gasteiger partial charge on any atom is 0.336 e. The van der Waals surface area contributed by atoms with E-state index in [0.717, 1.165) is 15.6 Å². The van der Waals surface area contributed by atoms with E-state index in [1.807, 2.05) is 24.3 Å². The Kier molecular flexibility index (Phi) is 7.35. The Hall–Kier alpha value is -3.71. The average molecular weight is 480 g/mol. The third-order valence-corrected chi connectivity index (χ3v) is 4.63. The molecule has 3 rings (SSSR count). The maximum atomic E-state index is 12.2. The molecule has 0 fully saturated rings. The quantitative estimate of drug-likeness (QED) is 0.208. The number of benzene rings is 3. The van der Waals surface area contributed by atoms with Crippen molar-refractivity contribution in [2.45, 2.75) is 0 Å². The van der Waals surface area contributed by atoms with Crippen LogP contribution in [-0.4, -0.2) is 30.4 Å². The molecule has 0 aliphatic rings. The fourth-order valence-corrected chi connectivity index (χ4v) is 3.02. The van der Waals surface area contributed by atoms with Gasteiger partial charge < -0.3 is 14.6 Å². The first-order chi connectivity index (χ1) is 14.9. The van der Waals surface area contributed by atoms with Crippen LogP contribution in [-0.2, 0) is 4.79 Å². The van der Waals surface area contributed by atoms with Crippen molar-refractivity contribution in [2.75, 3.05) is 7.11 Å². The molecule has 0 heterocycles. The number of hydrogen-bond acceptors (Lipinski definition) is 5. The highest BCUT2D eigenvalue weighted by molar-refractivity contribution is 9.10. The van der Waals surface area contributed by atoms with Crippen molar-refractivity contribution >= 4 is 45.8 Å². The van der Waals surface area contributed by atoms with Crippen molar-refractivity contribution in [1.29, 1.82) is 0 Å². The molecule has 3 aromatic carbocycles. The van der Waals surface area contributed by atoms with Gasteiger partial charge in [-0.3, -0.25) is 4.99 Å². The average Bonchev–Trinajstić information content (AvgIpc) is 2.77. The van der Waals surface area contributed by atoms with Gasteiger partial charge in [-0.25, -0.2) is 9.59 Å². The summed E-state index contributed by atoms with van der Waals surface area (Å²) in [5, 5.41) is 8.94. The highest BCUT2D eigenvalue weighted by Crippen LogP contribution is 2.28. The van der Waals surface area contributed by atoms with E-state index < -0.39 is 11.9 Å². The summed E-state index contributed by atoms with van der Waals surface area (Å²) in [6.07, 6.45) is 4.62. The van der Waals surface area contributed by atoms with Crippen molar-refractivity contribution in [3.63, 3.8) is 0 Å². The number of carbonyl (C=O) groups is 2. The number of carboxylic acid groups (broad SMARTS) is 1. The van der Waals surface area contributed by atoms with E-state index in [0.29, 0.717) is 11.4 Å². The third-order valence-electron chi connectivity index (χ3n) is 4.14. The predicted molar refractivity (Wildman–Crippen MR) is 122 cm³/mol.